The van der Waals surface area contributed by atoms with Gasteiger partial charge in [0.1, 0.15) is 6.04 Å². The smallest absolute Gasteiger partial charge is 0.331 e. The van der Waals surface area contributed by atoms with E-state index in [1.807, 2.05) is 0 Å². The van der Waals surface area contributed by atoms with Gasteiger partial charge < -0.3 is 24.8 Å². The molecule has 2 amide bonds. The van der Waals surface area contributed by atoms with Crippen molar-refractivity contribution in [1.29, 1.82) is 0 Å². The molecule has 2 N–H and O–H groups in total. The molecule has 8 heteroatoms. The van der Waals surface area contributed by atoms with Gasteiger partial charge in [0.2, 0.25) is 5.91 Å². The number of rotatable bonds is 5. The first-order valence-electron chi connectivity index (χ1n) is 9.38. The van der Waals surface area contributed by atoms with Crippen molar-refractivity contribution in [3.8, 4) is 11.5 Å². The van der Waals surface area contributed by atoms with Gasteiger partial charge >= 0.3 is 5.97 Å². The number of carbonyl (C=O) groups is 3. The summed E-state index contributed by atoms with van der Waals surface area (Å²) in [5, 5.41) is 0. The Kier molecular flexibility index (Phi) is 6.52. The van der Waals surface area contributed by atoms with E-state index in [-0.39, 0.29) is 0 Å². The Morgan fingerprint density at radius 3 is 2.71 bits per heavy atom. The van der Waals surface area contributed by atoms with Gasteiger partial charge in [-0.25, -0.2) is 4.79 Å². The highest BCUT2D eigenvalue weighted by molar-refractivity contribution is 5.91. The van der Waals surface area contributed by atoms with Gasteiger partial charge in [0.15, 0.2) is 18.1 Å². The predicted molar refractivity (Wildman–Crippen MR) is 101 cm³/mol. The number of primary amides is 1. The molecule has 1 saturated heterocycles. The molecule has 0 unspecified atom stereocenters. The highest BCUT2D eigenvalue weighted by atomic mass is 16.5. The van der Waals surface area contributed by atoms with Gasteiger partial charge in [-0.1, -0.05) is 6.07 Å². The molecule has 1 aromatic carbocycles. The van der Waals surface area contributed by atoms with Crippen molar-refractivity contribution in [3.63, 3.8) is 0 Å². The SMILES string of the molecule is NC(=O)[C@@H]1CCCCN1C(=O)COC(=O)/C=C/c1ccc2c(c1)OCCCO2. The number of piperidine rings is 1. The van der Waals surface area contributed by atoms with E-state index in [2.05, 4.69) is 0 Å². The van der Waals surface area contributed by atoms with Gasteiger partial charge in [-0.3, -0.25) is 9.59 Å². The molecule has 2 heterocycles. The van der Waals surface area contributed by atoms with Gasteiger partial charge in [-0.2, -0.15) is 0 Å². The molecular weight excluding hydrogens is 364 g/mol. The van der Waals surface area contributed by atoms with Crippen molar-refractivity contribution >= 4 is 23.9 Å². The first-order valence-corrected chi connectivity index (χ1v) is 9.38. The molecule has 2 aliphatic rings. The maximum absolute atomic E-state index is 12.3. The standard InChI is InChI=1S/C20H24N2O6/c21-20(25)15-4-1-2-9-22(15)18(23)13-28-19(24)8-6-14-5-7-16-17(12-14)27-11-3-10-26-16/h5-8,12,15H,1-4,9-11,13H2,(H2,21,25)/b8-6+/t15-/m0/s1. The molecule has 1 atom stereocenters. The summed E-state index contributed by atoms with van der Waals surface area (Å²) in [5.74, 6) is -0.290. The van der Waals surface area contributed by atoms with E-state index < -0.39 is 30.4 Å². The Bertz CT molecular complexity index is 776. The fraction of sp³-hybridized carbons (Fsp3) is 0.450. The number of amides is 2. The Balaban J connectivity index is 1.53. The van der Waals surface area contributed by atoms with Gasteiger partial charge in [0, 0.05) is 19.0 Å². The van der Waals surface area contributed by atoms with Gasteiger partial charge in [-0.05, 0) is 43.0 Å². The summed E-state index contributed by atoms with van der Waals surface area (Å²) in [6.45, 7) is 1.20. The number of carbonyl (C=O) groups excluding carboxylic acids is 3. The first kappa shape index (κ1) is 19.7. The summed E-state index contributed by atoms with van der Waals surface area (Å²) in [6.07, 6.45) is 5.82. The van der Waals surface area contributed by atoms with Crippen molar-refractivity contribution in [1.82, 2.24) is 4.90 Å². The summed E-state index contributed by atoms with van der Waals surface area (Å²) >= 11 is 0. The Morgan fingerprint density at radius 1 is 1.14 bits per heavy atom. The molecule has 3 rings (SSSR count). The van der Waals surface area contributed by atoms with Crippen molar-refractivity contribution in [2.75, 3.05) is 26.4 Å². The average molecular weight is 388 g/mol. The highest BCUT2D eigenvalue weighted by Gasteiger charge is 2.30. The van der Waals surface area contributed by atoms with Gasteiger partial charge in [0.25, 0.3) is 5.91 Å². The van der Waals surface area contributed by atoms with Crippen LogP contribution >= 0.6 is 0 Å². The van der Waals surface area contributed by atoms with E-state index in [9.17, 15) is 14.4 Å². The molecule has 0 aliphatic carbocycles. The number of nitrogens with two attached hydrogens (primary N) is 1. The molecule has 2 aliphatic heterocycles. The van der Waals surface area contributed by atoms with Crippen LogP contribution in [0.25, 0.3) is 6.08 Å². The molecular formula is C20H24N2O6. The molecule has 0 bridgehead atoms. The normalized spacial score (nSPS) is 19.1. The maximum atomic E-state index is 12.3. The lowest BCUT2D eigenvalue weighted by Crippen LogP contribution is -2.51. The number of hydrogen-bond acceptors (Lipinski definition) is 6. The molecule has 1 aromatic rings. The topological polar surface area (TPSA) is 108 Å². The van der Waals surface area contributed by atoms with Crippen LogP contribution in [0, 0.1) is 0 Å². The van der Waals surface area contributed by atoms with E-state index in [0.717, 1.165) is 24.8 Å². The zero-order chi connectivity index (χ0) is 19.9. The van der Waals surface area contributed by atoms with E-state index >= 15 is 0 Å². The second-order valence-electron chi connectivity index (χ2n) is 6.70. The first-order chi connectivity index (χ1) is 13.5. The van der Waals surface area contributed by atoms with Crippen LogP contribution in [0.5, 0.6) is 11.5 Å². The van der Waals surface area contributed by atoms with Crippen molar-refractivity contribution in [3.05, 3.63) is 29.8 Å². The van der Waals surface area contributed by atoms with Crippen molar-refractivity contribution in [2.24, 2.45) is 5.73 Å². The second kappa shape index (κ2) is 9.25. The maximum Gasteiger partial charge on any atom is 0.331 e. The summed E-state index contributed by atoms with van der Waals surface area (Å²) in [6, 6.07) is 4.74. The van der Waals surface area contributed by atoms with Gasteiger partial charge in [-0.15, -0.1) is 0 Å². The number of benzene rings is 1. The van der Waals surface area contributed by atoms with Crippen LogP contribution < -0.4 is 15.2 Å². The third kappa shape index (κ3) is 5.03. The fourth-order valence-electron chi connectivity index (χ4n) is 3.24. The number of ether oxygens (including phenoxy) is 3. The minimum Gasteiger partial charge on any atom is -0.490 e. The molecule has 150 valence electrons. The monoisotopic (exact) mass is 388 g/mol. The quantitative estimate of drug-likeness (QED) is 0.601. The Hall–Kier alpha value is -3.03. The third-order valence-corrected chi connectivity index (χ3v) is 4.67. The minimum atomic E-state index is -0.645. The van der Waals surface area contributed by atoms with Crippen molar-refractivity contribution < 1.29 is 28.6 Å². The Labute approximate surface area is 163 Å². The predicted octanol–water partition coefficient (Wildman–Crippen LogP) is 1.27. The average Bonchev–Trinajstić information content (AvgIpc) is 2.95. The minimum absolute atomic E-state index is 0.416. The molecule has 8 nitrogen and oxygen atoms in total. The summed E-state index contributed by atoms with van der Waals surface area (Å²) < 4.78 is 16.2. The number of esters is 1. The van der Waals surface area contributed by atoms with Crippen LogP contribution in [0.3, 0.4) is 0 Å². The lowest BCUT2D eigenvalue weighted by atomic mass is 10.0. The van der Waals surface area contributed by atoms with Crippen LogP contribution in [0.1, 0.15) is 31.2 Å². The zero-order valence-corrected chi connectivity index (χ0v) is 15.6. The van der Waals surface area contributed by atoms with Crippen LogP contribution in [-0.2, 0) is 19.1 Å². The molecule has 28 heavy (non-hydrogen) atoms. The van der Waals surface area contributed by atoms with Crippen LogP contribution in [0.15, 0.2) is 24.3 Å². The lowest BCUT2D eigenvalue weighted by Gasteiger charge is -2.33. The third-order valence-electron chi connectivity index (χ3n) is 4.67. The number of hydrogen-bond donors (Lipinski definition) is 1. The summed E-state index contributed by atoms with van der Waals surface area (Å²) in [7, 11) is 0. The molecule has 1 fully saturated rings. The molecule has 0 aromatic heterocycles. The van der Waals surface area contributed by atoms with Crippen LogP contribution in [0.2, 0.25) is 0 Å². The van der Waals surface area contributed by atoms with E-state index in [1.165, 1.54) is 11.0 Å². The lowest BCUT2D eigenvalue weighted by molar-refractivity contribution is -0.151. The Morgan fingerprint density at radius 2 is 1.93 bits per heavy atom. The second-order valence-corrected chi connectivity index (χ2v) is 6.70. The van der Waals surface area contributed by atoms with E-state index in [4.69, 9.17) is 19.9 Å². The van der Waals surface area contributed by atoms with E-state index in [0.29, 0.717) is 37.7 Å². The van der Waals surface area contributed by atoms with Gasteiger partial charge in [0.05, 0.1) is 13.2 Å². The van der Waals surface area contributed by atoms with Crippen molar-refractivity contribution in [2.45, 2.75) is 31.7 Å². The largest absolute Gasteiger partial charge is 0.490 e. The number of nitrogens with zero attached hydrogens (tertiary/aromatic N) is 1. The van der Waals surface area contributed by atoms with E-state index in [1.54, 1.807) is 24.3 Å². The fourth-order valence-corrected chi connectivity index (χ4v) is 3.24. The summed E-state index contributed by atoms with van der Waals surface area (Å²) in [5.41, 5.74) is 6.10. The molecule has 0 saturated carbocycles. The summed E-state index contributed by atoms with van der Waals surface area (Å²) in [4.78, 5) is 37.1. The van der Waals surface area contributed by atoms with Crippen LogP contribution in [-0.4, -0.2) is 55.1 Å². The van der Waals surface area contributed by atoms with Crippen LogP contribution in [0.4, 0.5) is 0 Å². The zero-order valence-electron chi connectivity index (χ0n) is 15.6. The number of likely N-dealkylation sites (tertiary alicyclic amines) is 1. The molecule has 0 spiro atoms. The highest BCUT2D eigenvalue weighted by Crippen LogP contribution is 2.30. The molecule has 0 radical (unpaired) electrons. The number of fused-ring (bicyclic) bond motifs is 1.